The van der Waals surface area contributed by atoms with Crippen molar-refractivity contribution in [2.45, 2.75) is 36.0 Å². The molecule has 1 atom stereocenters. The lowest BCUT2D eigenvalue weighted by atomic mass is 10.0. The van der Waals surface area contributed by atoms with E-state index in [1.807, 2.05) is 12.1 Å². The first-order valence-electron chi connectivity index (χ1n) is 9.40. The van der Waals surface area contributed by atoms with Gasteiger partial charge >= 0.3 is 0 Å². The Labute approximate surface area is 164 Å². The zero-order chi connectivity index (χ0) is 18.6. The third-order valence-corrected chi connectivity index (χ3v) is 8.27. The zero-order valence-electron chi connectivity index (χ0n) is 14.9. The molecule has 2 aliphatic heterocycles. The van der Waals surface area contributed by atoms with Gasteiger partial charge in [-0.25, -0.2) is 8.42 Å². The Morgan fingerprint density at radius 2 is 1.89 bits per heavy atom. The lowest BCUT2D eigenvalue weighted by Crippen LogP contribution is -2.22. The predicted octanol–water partition coefficient (Wildman–Crippen LogP) is 3.90. The number of nitrogens with one attached hydrogen (secondary N) is 1. The summed E-state index contributed by atoms with van der Waals surface area (Å²) in [6, 6.07) is 12.8. The van der Waals surface area contributed by atoms with Gasteiger partial charge in [-0.3, -0.25) is 0 Å². The van der Waals surface area contributed by atoms with Crippen molar-refractivity contribution >= 4 is 32.3 Å². The number of hydrogen-bond acceptors (Lipinski definition) is 3. The third kappa shape index (κ3) is 2.64. The van der Waals surface area contributed by atoms with Crippen LogP contribution in [0.3, 0.4) is 0 Å². The smallest absolute Gasteiger partial charge is 0.185 e. The highest BCUT2D eigenvalue weighted by atomic mass is 35.5. The number of nitrogens with zero attached hydrogens (tertiary/aromatic N) is 1. The van der Waals surface area contributed by atoms with Gasteiger partial charge in [0, 0.05) is 35.6 Å². The molecule has 27 heavy (non-hydrogen) atoms. The number of para-hydroxylation sites is 1. The van der Waals surface area contributed by atoms with Crippen molar-refractivity contribution in [3.8, 4) is 0 Å². The molecule has 0 bridgehead atoms. The van der Waals surface area contributed by atoms with Crippen molar-refractivity contribution in [3.63, 3.8) is 0 Å². The molecule has 0 amide bonds. The van der Waals surface area contributed by atoms with Crippen LogP contribution < -0.4 is 5.32 Å². The number of halogens is 1. The Balaban J connectivity index is 1.71. The van der Waals surface area contributed by atoms with E-state index in [2.05, 4.69) is 16.0 Å². The Kier molecular flexibility index (Phi) is 4.08. The molecule has 0 saturated heterocycles. The largest absolute Gasteiger partial charge is 0.344 e. The highest BCUT2D eigenvalue weighted by molar-refractivity contribution is 7.91. The number of fused-ring (bicyclic) bond motifs is 3. The highest BCUT2D eigenvalue weighted by Gasteiger charge is 2.35. The van der Waals surface area contributed by atoms with Gasteiger partial charge in [0.15, 0.2) is 9.84 Å². The van der Waals surface area contributed by atoms with Crippen LogP contribution in [0, 0.1) is 0 Å². The van der Waals surface area contributed by atoms with Crippen LogP contribution in [0.1, 0.15) is 28.5 Å². The first-order chi connectivity index (χ1) is 13.1. The van der Waals surface area contributed by atoms with Crippen molar-refractivity contribution < 1.29 is 8.42 Å². The molecule has 1 N–H and O–H groups in total. The Morgan fingerprint density at radius 3 is 2.74 bits per heavy atom. The van der Waals surface area contributed by atoms with Crippen LogP contribution in [-0.4, -0.2) is 26.1 Å². The van der Waals surface area contributed by atoms with Crippen molar-refractivity contribution in [1.29, 1.82) is 0 Å². The van der Waals surface area contributed by atoms with Crippen LogP contribution in [-0.2, 0) is 29.2 Å². The van der Waals surface area contributed by atoms with E-state index in [4.69, 9.17) is 11.6 Å². The minimum absolute atomic E-state index is 0.308. The van der Waals surface area contributed by atoms with Crippen molar-refractivity contribution in [1.82, 2.24) is 9.88 Å². The van der Waals surface area contributed by atoms with E-state index in [-0.39, 0.29) is 0 Å². The fourth-order valence-electron chi connectivity index (χ4n) is 4.71. The number of aryl methyl sites for hydroxylation is 1. The molecule has 5 rings (SSSR count). The molecule has 0 radical (unpaired) electrons. The van der Waals surface area contributed by atoms with Gasteiger partial charge in [-0.1, -0.05) is 35.9 Å². The number of rotatable bonds is 2. The first-order valence-corrected chi connectivity index (χ1v) is 11.3. The molecule has 0 spiro atoms. The van der Waals surface area contributed by atoms with E-state index < -0.39 is 15.1 Å². The van der Waals surface area contributed by atoms with Gasteiger partial charge in [0.05, 0.1) is 15.7 Å². The van der Waals surface area contributed by atoms with Gasteiger partial charge in [0.1, 0.15) is 0 Å². The summed E-state index contributed by atoms with van der Waals surface area (Å²) in [5.41, 5.74) is 4.81. The molecular formula is C21H21ClN2O2S. The number of sulfone groups is 1. The summed E-state index contributed by atoms with van der Waals surface area (Å²) in [7, 11) is -3.49. The van der Waals surface area contributed by atoms with E-state index in [1.165, 1.54) is 16.6 Å². The molecular weight excluding hydrogens is 380 g/mol. The second-order valence-corrected chi connectivity index (χ2v) is 9.92. The molecule has 3 heterocycles. The Bertz CT molecular complexity index is 1150. The molecule has 0 aliphatic carbocycles. The molecule has 4 nitrogen and oxygen atoms in total. The minimum atomic E-state index is -3.49. The average molecular weight is 401 g/mol. The molecule has 0 fully saturated rings. The van der Waals surface area contributed by atoms with Crippen molar-refractivity contribution in [3.05, 3.63) is 64.3 Å². The maximum atomic E-state index is 13.4. The maximum absolute atomic E-state index is 13.4. The summed E-state index contributed by atoms with van der Waals surface area (Å²) < 4.78 is 29.2. The maximum Gasteiger partial charge on any atom is 0.185 e. The van der Waals surface area contributed by atoms with Crippen molar-refractivity contribution in [2.24, 2.45) is 0 Å². The summed E-state index contributed by atoms with van der Waals surface area (Å²) in [5, 5.41) is 4.61. The molecule has 6 heteroatoms. The molecule has 2 aromatic carbocycles. The van der Waals surface area contributed by atoms with Crippen LogP contribution in [0.2, 0.25) is 5.02 Å². The number of aromatic nitrogens is 1. The number of benzene rings is 2. The molecule has 1 aromatic heterocycles. The molecule has 0 saturated carbocycles. The highest BCUT2D eigenvalue weighted by Crippen LogP contribution is 2.43. The van der Waals surface area contributed by atoms with E-state index in [9.17, 15) is 8.42 Å². The molecule has 2 aliphatic rings. The van der Waals surface area contributed by atoms with Crippen LogP contribution in [0.25, 0.3) is 10.9 Å². The lowest BCUT2D eigenvalue weighted by Gasteiger charge is -2.26. The summed E-state index contributed by atoms with van der Waals surface area (Å²) in [6.45, 7) is 2.69. The second-order valence-electron chi connectivity index (χ2n) is 7.35. The fourth-order valence-corrected chi connectivity index (χ4v) is 6.79. The van der Waals surface area contributed by atoms with Crippen molar-refractivity contribution in [2.75, 3.05) is 13.1 Å². The second kappa shape index (κ2) is 6.36. The predicted molar refractivity (Wildman–Crippen MR) is 108 cm³/mol. The average Bonchev–Trinajstić information content (AvgIpc) is 2.83. The normalized spacial score (nSPS) is 19.7. The topological polar surface area (TPSA) is 51.1 Å². The molecule has 140 valence electrons. The van der Waals surface area contributed by atoms with E-state index in [0.717, 1.165) is 43.6 Å². The fraction of sp³-hybridized carbons (Fsp3) is 0.333. The van der Waals surface area contributed by atoms with Crippen LogP contribution >= 0.6 is 11.6 Å². The summed E-state index contributed by atoms with van der Waals surface area (Å²) in [4.78, 5) is 0.308. The first kappa shape index (κ1) is 17.3. The van der Waals surface area contributed by atoms with Crippen LogP contribution in [0.15, 0.2) is 47.4 Å². The van der Waals surface area contributed by atoms with E-state index >= 15 is 0 Å². The molecule has 3 aromatic rings. The van der Waals surface area contributed by atoms with Gasteiger partial charge in [0.25, 0.3) is 0 Å². The summed E-state index contributed by atoms with van der Waals surface area (Å²) in [5.74, 6) is 0. The monoisotopic (exact) mass is 400 g/mol. The standard InChI is InChI=1S/C21H21ClN2O2S/c22-14-3-1-4-15(13-14)27(25,26)20-9-12-24-19-8-11-23-10-7-16(19)17-5-2-6-18(20)21(17)24/h1-6,13,20,23H,7-12H2. The van der Waals surface area contributed by atoms with Crippen LogP contribution in [0.5, 0.6) is 0 Å². The van der Waals surface area contributed by atoms with Gasteiger partial charge in [-0.2, -0.15) is 0 Å². The summed E-state index contributed by atoms with van der Waals surface area (Å²) >= 11 is 6.06. The number of hydrogen-bond donors (Lipinski definition) is 1. The Morgan fingerprint density at radius 1 is 1.07 bits per heavy atom. The van der Waals surface area contributed by atoms with Gasteiger partial charge < -0.3 is 9.88 Å². The van der Waals surface area contributed by atoms with Gasteiger partial charge in [-0.15, -0.1) is 0 Å². The third-order valence-electron chi connectivity index (χ3n) is 5.89. The van der Waals surface area contributed by atoms with E-state index in [0.29, 0.717) is 16.3 Å². The van der Waals surface area contributed by atoms with Gasteiger partial charge in [0.2, 0.25) is 0 Å². The van der Waals surface area contributed by atoms with E-state index in [1.54, 1.807) is 24.3 Å². The lowest BCUT2D eigenvalue weighted by molar-refractivity contribution is 0.544. The zero-order valence-corrected chi connectivity index (χ0v) is 16.5. The molecule has 1 unspecified atom stereocenters. The summed E-state index contributed by atoms with van der Waals surface area (Å²) in [6.07, 6.45) is 2.58. The Hall–Kier alpha value is -1.82. The SMILES string of the molecule is O=S(=O)(c1cccc(Cl)c1)C1CCn2c3c(c4cccc1c42)CCNCC3. The quantitative estimate of drug-likeness (QED) is 0.709. The minimum Gasteiger partial charge on any atom is -0.344 e. The van der Waals surface area contributed by atoms with Gasteiger partial charge in [-0.05, 0) is 48.7 Å². The van der Waals surface area contributed by atoms with Crippen LogP contribution in [0.4, 0.5) is 0 Å².